The summed E-state index contributed by atoms with van der Waals surface area (Å²) in [6, 6.07) is 2.25. The fraction of sp³-hybridized carbons (Fsp3) is 0.955. The molecule has 24 heavy (non-hydrogen) atoms. The Morgan fingerprint density at radius 1 is 0.792 bits per heavy atom. The van der Waals surface area contributed by atoms with Gasteiger partial charge in [-0.2, -0.15) is 5.26 Å². The number of hydrogen-bond donors (Lipinski definition) is 0. The van der Waals surface area contributed by atoms with Gasteiger partial charge in [0.1, 0.15) is 0 Å². The van der Waals surface area contributed by atoms with Crippen LogP contribution in [0.15, 0.2) is 0 Å². The minimum Gasteiger partial charge on any atom is -0.378 e. The summed E-state index contributed by atoms with van der Waals surface area (Å²) >= 11 is 0. The van der Waals surface area contributed by atoms with Crippen LogP contribution in [-0.2, 0) is 4.74 Å². The predicted octanol–water partition coefficient (Wildman–Crippen LogP) is 6.64. The summed E-state index contributed by atoms with van der Waals surface area (Å²) in [6.07, 6.45) is 20.1. The van der Waals surface area contributed by atoms with Gasteiger partial charge >= 0.3 is 0 Å². The van der Waals surface area contributed by atoms with Crippen molar-refractivity contribution in [2.75, 3.05) is 6.61 Å². The molecule has 0 bridgehead atoms. The second-order valence-corrected chi connectivity index (χ2v) is 8.41. The topological polar surface area (TPSA) is 33.0 Å². The van der Waals surface area contributed by atoms with Crippen molar-refractivity contribution < 1.29 is 4.74 Å². The summed E-state index contributed by atoms with van der Waals surface area (Å²) in [5, 5.41) is 8.59. The van der Waals surface area contributed by atoms with Gasteiger partial charge < -0.3 is 4.74 Å². The molecule has 0 aromatic heterocycles. The van der Waals surface area contributed by atoms with Crippen LogP contribution in [-0.4, -0.2) is 12.7 Å². The van der Waals surface area contributed by atoms with E-state index in [9.17, 15) is 0 Å². The van der Waals surface area contributed by atoms with Gasteiger partial charge in [0.2, 0.25) is 0 Å². The molecule has 0 radical (unpaired) electrons. The van der Waals surface area contributed by atoms with Crippen LogP contribution in [0.3, 0.4) is 0 Å². The summed E-state index contributed by atoms with van der Waals surface area (Å²) in [4.78, 5) is 0. The van der Waals surface area contributed by atoms with Crippen molar-refractivity contribution in [1.29, 1.82) is 5.26 Å². The van der Waals surface area contributed by atoms with Crippen molar-refractivity contribution in [1.82, 2.24) is 0 Å². The summed E-state index contributed by atoms with van der Waals surface area (Å²) in [7, 11) is 0. The van der Waals surface area contributed by atoms with Gasteiger partial charge in [-0.05, 0) is 62.7 Å². The molecule has 0 aromatic rings. The van der Waals surface area contributed by atoms with Gasteiger partial charge in [-0.25, -0.2) is 0 Å². The third kappa shape index (κ3) is 7.56. The molecule has 0 aromatic carbocycles. The summed E-state index contributed by atoms with van der Waals surface area (Å²) < 4.78 is 6.29. The van der Waals surface area contributed by atoms with Gasteiger partial charge in [-0.3, -0.25) is 0 Å². The third-order valence-electron chi connectivity index (χ3n) is 6.44. The first kappa shape index (κ1) is 19.8. The highest BCUT2D eigenvalue weighted by atomic mass is 16.5. The van der Waals surface area contributed by atoms with Gasteiger partial charge in [0, 0.05) is 13.0 Å². The van der Waals surface area contributed by atoms with Crippen LogP contribution in [0.2, 0.25) is 0 Å². The first-order chi connectivity index (χ1) is 11.8. The van der Waals surface area contributed by atoms with Crippen LogP contribution in [0.4, 0.5) is 0 Å². The zero-order valence-corrected chi connectivity index (χ0v) is 16.0. The average molecular weight is 334 g/mol. The SMILES string of the molecule is CCCCC1CCC(COC2CCC(CCCCC#N)CC2)CC1. The zero-order valence-electron chi connectivity index (χ0n) is 16.0. The first-order valence-corrected chi connectivity index (χ1v) is 10.8. The molecule has 2 saturated carbocycles. The Bertz CT molecular complexity index is 345. The van der Waals surface area contributed by atoms with Crippen molar-refractivity contribution in [3.05, 3.63) is 0 Å². The van der Waals surface area contributed by atoms with Crippen LogP contribution in [0.25, 0.3) is 0 Å². The summed E-state index contributed by atoms with van der Waals surface area (Å²) in [5.41, 5.74) is 0. The van der Waals surface area contributed by atoms with Crippen molar-refractivity contribution >= 4 is 0 Å². The molecule has 0 unspecified atom stereocenters. The summed E-state index contributed by atoms with van der Waals surface area (Å²) in [6.45, 7) is 3.33. The molecule has 0 heterocycles. The molecular weight excluding hydrogens is 294 g/mol. The minimum absolute atomic E-state index is 0.540. The minimum atomic E-state index is 0.540. The monoisotopic (exact) mass is 333 g/mol. The van der Waals surface area contributed by atoms with E-state index in [1.807, 2.05) is 0 Å². The van der Waals surface area contributed by atoms with E-state index in [1.54, 1.807) is 0 Å². The largest absolute Gasteiger partial charge is 0.378 e. The van der Waals surface area contributed by atoms with Crippen LogP contribution in [0.5, 0.6) is 0 Å². The Kier molecular flexibility index (Phi) is 9.81. The Hall–Kier alpha value is -0.550. The van der Waals surface area contributed by atoms with E-state index in [0.717, 1.165) is 37.2 Å². The van der Waals surface area contributed by atoms with E-state index >= 15 is 0 Å². The van der Waals surface area contributed by atoms with E-state index in [0.29, 0.717) is 6.10 Å². The molecule has 0 atom stereocenters. The molecule has 0 N–H and O–H groups in total. The maximum absolute atomic E-state index is 8.59. The van der Waals surface area contributed by atoms with Gasteiger partial charge in [0.05, 0.1) is 12.2 Å². The molecule has 2 fully saturated rings. The standard InChI is InChI=1S/C22H39NO/c1-2-3-7-19-9-11-21(12-10-19)18-24-22-15-13-20(14-16-22)8-5-4-6-17-23/h19-22H,2-16,18H2,1H3. The fourth-order valence-corrected chi connectivity index (χ4v) is 4.68. The highest BCUT2D eigenvalue weighted by Gasteiger charge is 2.24. The van der Waals surface area contributed by atoms with E-state index in [4.69, 9.17) is 10.00 Å². The smallest absolute Gasteiger partial charge is 0.0621 e. The number of ether oxygens (including phenoxy) is 1. The van der Waals surface area contributed by atoms with Crippen LogP contribution in [0.1, 0.15) is 103 Å². The Labute approximate surface area is 150 Å². The Morgan fingerprint density at radius 2 is 1.38 bits per heavy atom. The number of nitrogens with zero attached hydrogens (tertiary/aromatic N) is 1. The van der Waals surface area contributed by atoms with E-state index in [1.165, 1.54) is 83.5 Å². The van der Waals surface area contributed by atoms with Gasteiger partial charge in [-0.15, -0.1) is 0 Å². The molecule has 0 aliphatic heterocycles. The van der Waals surface area contributed by atoms with E-state index in [2.05, 4.69) is 13.0 Å². The average Bonchev–Trinajstić information content (AvgIpc) is 2.64. The normalized spacial score (nSPS) is 30.8. The number of hydrogen-bond acceptors (Lipinski definition) is 2. The highest BCUT2D eigenvalue weighted by Crippen LogP contribution is 2.34. The maximum atomic E-state index is 8.59. The molecule has 2 nitrogen and oxygen atoms in total. The highest BCUT2D eigenvalue weighted by molar-refractivity contribution is 4.76. The Balaban J connectivity index is 1.50. The lowest BCUT2D eigenvalue weighted by atomic mass is 9.80. The Morgan fingerprint density at radius 3 is 2.00 bits per heavy atom. The number of unbranched alkanes of at least 4 members (excludes halogenated alkanes) is 3. The molecule has 0 amide bonds. The third-order valence-corrected chi connectivity index (χ3v) is 6.44. The summed E-state index contributed by atoms with van der Waals surface area (Å²) in [5.74, 6) is 2.75. The molecule has 2 aliphatic carbocycles. The van der Waals surface area contributed by atoms with Crippen molar-refractivity contribution in [2.24, 2.45) is 17.8 Å². The lowest BCUT2D eigenvalue weighted by molar-refractivity contribution is -0.0104. The van der Waals surface area contributed by atoms with E-state index in [-0.39, 0.29) is 0 Å². The molecule has 0 spiro atoms. The first-order valence-electron chi connectivity index (χ1n) is 10.8. The molecule has 2 rings (SSSR count). The lowest BCUT2D eigenvalue weighted by Gasteiger charge is -2.32. The van der Waals surface area contributed by atoms with Crippen LogP contribution >= 0.6 is 0 Å². The molecule has 2 aliphatic rings. The lowest BCUT2D eigenvalue weighted by Crippen LogP contribution is -2.26. The zero-order chi connectivity index (χ0) is 17.0. The fourth-order valence-electron chi connectivity index (χ4n) is 4.68. The number of nitriles is 1. The van der Waals surface area contributed by atoms with Gasteiger partial charge in [-0.1, -0.05) is 51.9 Å². The molecular formula is C22H39NO. The van der Waals surface area contributed by atoms with Gasteiger partial charge in [0.15, 0.2) is 0 Å². The van der Waals surface area contributed by atoms with Crippen molar-refractivity contribution in [2.45, 2.75) is 109 Å². The van der Waals surface area contributed by atoms with E-state index < -0.39 is 0 Å². The second-order valence-electron chi connectivity index (χ2n) is 8.41. The molecule has 138 valence electrons. The molecule has 2 heteroatoms. The van der Waals surface area contributed by atoms with Gasteiger partial charge in [0.25, 0.3) is 0 Å². The quantitative estimate of drug-likeness (QED) is 0.420. The van der Waals surface area contributed by atoms with Crippen LogP contribution in [0, 0.1) is 29.1 Å². The predicted molar refractivity (Wildman–Crippen MR) is 101 cm³/mol. The molecule has 0 saturated heterocycles. The second kappa shape index (κ2) is 11.9. The van der Waals surface area contributed by atoms with Crippen molar-refractivity contribution in [3.8, 4) is 6.07 Å². The van der Waals surface area contributed by atoms with Crippen molar-refractivity contribution in [3.63, 3.8) is 0 Å². The maximum Gasteiger partial charge on any atom is 0.0621 e. The van der Waals surface area contributed by atoms with Crippen LogP contribution < -0.4 is 0 Å². The number of rotatable bonds is 10.